The van der Waals surface area contributed by atoms with Gasteiger partial charge in [0, 0.05) is 20.3 Å². The maximum atomic E-state index is 12.7. The van der Waals surface area contributed by atoms with E-state index in [9.17, 15) is 9.59 Å². The molecular weight excluding hydrogens is 519 g/mol. The van der Waals surface area contributed by atoms with Crippen molar-refractivity contribution in [2.24, 2.45) is 0 Å². The van der Waals surface area contributed by atoms with E-state index in [0.717, 1.165) is 0 Å². The van der Waals surface area contributed by atoms with Crippen molar-refractivity contribution < 1.29 is 23.8 Å². The van der Waals surface area contributed by atoms with Crippen LogP contribution in [-0.4, -0.2) is 55.0 Å². The van der Waals surface area contributed by atoms with Crippen LogP contribution in [0, 0.1) is 0 Å². The molecule has 2 aromatic carbocycles. The molecule has 1 fully saturated rings. The smallest absolute Gasteiger partial charge is 0.266 e. The third-order valence-corrected chi connectivity index (χ3v) is 6.64. The van der Waals surface area contributed by atoms with Gasteiger partial charge in [-0.25, -0.2) is 0 Å². The van der Waals surface area contributed by atoms with E-state index < -0.39 is 5.91 Å². The zero-order valence-corrected chi connectivity index (χ0v) is 21.6. The number of methoxy groups -OCH3 is 2. The minimum atomic E-state index is -0.410. The molecule has 34 heavy (non-hydrogen) atoms. The van der Waals surface area contributed by atoms with Crippen LogP contribution in [0.3, 0.4) is 0 Å². The second kappa shape index (κ2) is 12.4. The quantitative estimate of drug-likeness (QED) is 0.250. The second-order valence-corrected chi connectivity index (χ2v) is 9.52. The SMILES string of the molecule is COCCCN1C(=O)/C(=C/c2cc(Cl)c(OCC(=O)Nc3ccccc3Cl)c(OC)c2)SC1=S. The largest absolute Gasteiger partial charge is 0.493 e. The van der Waals surface area contributed by atoms with E-state index in [2.05, 4.69) is 5.32 Å². The molecule has 2 amide bonds. The van der Waals surface area contributed by atoms with E-state index in [1.54, 1.807) is 54.5 Å². The van der Waals surface area contributed by atoms with Gasteiger partial charge in [0.25, 0.3) is 11.8 Å². The number of carbonyl (C=O) groups excluding carboxylic acids is 2. The van der Waals surface area contributed by atoms with Gasteiger partial charge in [-0.05, 0) is 42.3 Å². The van der Waals surface area contributed by atoms with Gasteiger partial charge in [-0.15, -0.1) is 0 Å². The summed E-state index contributed by atoms with van der Waals surface area (Å²) >= 11 is 19.0. The summed E-state index contributed by atoms with van der Waals surface area (Å²) in [6.45, 7) is 0.727. The summed E-state index contributed by atoms with van der Waals surface area (Å²) in [4.78, 5) is 27.1. The summed E-state index contributed by atoms with van der Waals surface area (Å²) in [6, 6.07) is 10.2. The molecule has 1 aliphatic heterocycles. The van der Waals surface area contributed by atoms with Crippen LogP contribution in [0.4, 0.5) is 5.69 Å². The first-order chi connectivity index (χ1) is 16.3. The number of nitrogens with one attached hydrogen (secondary N) is 1. The number of carbonyl (C=O) groups is 2. The number of para-hydroxylation sites is 1. The van der Waals surface area contributed by atoms with E-state index in [1.807, 2.05) is 0 Å². The number of anilines is 1. The van der Waals surface area contributed by atoms with Gasteiger partial charge in [0.15, 0.2) is 18.1 Å². The third-order valence-electron chi connectivity index (χ3n) is 4.65. The highest BCUT2D eigenvalue weighted by atomic mass is 35.5. The lowest BCUT2D eigenvalue weighted by molar-refractivity contribution is -0.122. The Kier molecular flexibility index (Phi) is 9.61. The maximum absolute atomic E-state index is 12.7. The molecule has 0 bridgehead atoms. The van der Waals surface area contributed by atoms with E-state index in [-0.39, 0.29) is 23.3 Å². The summed E-state index contributed by atoms with van der Waals surface area (Å²) in [6.07, 6.45) is 2.38. The molecular formula is C23H22Cl2N2O5S2. The number of thioether (sulfide) groups is 1. The molecule has 0 saturated carbocycles. The summed E-state index contributed by atoms with van der Waals surface area (Å²) in [5.74, 6) is -0.0483. The highest BCUT2D eigenvalue weighted by Crippen LogP contribution is 2.39. The van der Waals surface area contributed by atoms with E-state index in [4.69, 9.17) is 49.6 Å². The van der Waals surface area contributed by atoms with Crippen molar-refractivity contribution in [2.75, 3.05) is 39.3 Å². The monoisotopic (exact) mass is 540 g/mol. The molecule has 2 aromatic rings. The Bertz CT molecular complexity index is 1130. The number of ether oxygens (including phenoxy) is 3. The Morgan fingerprint density at radius 2 is 1.97 bits per heavy atom. The van der Waals surface area contributed by atoms with Crippen LogP contribution >= 0.6 is 47.2 Å². The number of nitrogens with zero attached hydrogens (tertiary/aromatic N) is 1. The minimum absolute atomic E-state index is 0.169. The molecule has 11 heteroatoms. The van der Waals surface area contributed by atoms with Gasteiger partial charge in [0.1, 0.15) is 4.32 Å². The molecule has 0 aliphatic carbocycles. The lowest BCUT2D eigenvalue weighted by atomic mass is 10.1. The van der Waals surface area contributed by atoms with Crippen LogP contribution in [-0.2, 0) is 14.3 Å². The van der Waals surface area contributed by atoms with Gasteiger partial charge in [-0.1, -0.05) is 59.3 Å². The molecule has 1 heterocycles. The van der Waals surface area contributed by atoms with Crippen molar-refractivity contribution in [3.05, 3.63) is 56.9 Å². The lowest BCUT2D eigenvalue weighted by Crippen LogP contribution is -2.29. The topological polar surface area (TPSA) is 77.1 Å². The molecule has 1 N–H and O–H groups in total. The molecule has 0 radical (unpaired) electrons. The third kappa shape index (κ3) is 6.64. The molecule has 0 spiro atoms. The van der Waals surface area contributed by atoms with Crippen molar-refractivity contribution in [2.45, 2.75) is 6.42 Å². The number of rotatable bonds is 10. The summed E-state index contributed by atoms with van der Waals surface area (Å²) in [5.41, 5.74) is 1.11. The molecule has 1 aliphatic rings. The highest BCUT2D eigenvalue weighted by molar-refractivity contribution is 8.26. The average molecular weight is 541 g/mol. The van der Waals surface area contributed by atoms with Gasteiger partial charge in [0.05, 0.1) is 27.7 Å². The normalized spacial score (nSPS) is 14.6. The standard InChI is InChI=1S/C23H22Cl2N2O5S2/c1-30-9-5-8-27-22(29)19(34-23(27)33)12-14-10-16(25)21(18(11-14)31-2)32-13-20(28)26-17-7-4-3-6-15(17)24/h3-4,6-7,10-12H,5,8-9,13H2,1-2H3,(H,26,28)/b19-12-. The molecule has 3 rings (SSSR count). The molecule has 180 valence electrons. The molecule has 1 saturated heterocycles. The fraction of sp³-hybridized carbons (Fsp3) is 0.261. The van der Waals surface area contributed by atoms with Crippen molar-refractivity contribution in [1.82, 2.24) is 4.90 Å². The van der Waals surface area contributed by atoms with Crippen molar-refractivity contribution in [1.29, 1.82) is 0 Å². The minimum Gasteiger partial charge on any atom is -0.493 e. The lowest BCUT2D eigenvalue weighted by Gasteiger charge is -2.14. The van der Waals surface area contributed by atoms with Gasteiger partial charge >= 0.3 is 0 Å². The van der Waals surface area contributed by atoms with Crippen LogP contribution in [0.1, 0.15) is 12.0 Å². The van der Waals surface area contributed by atoms with Gasteiger partial charge in [-0.3, -0.25) is 14.5 Å². The van der Waals surface area contributed by atoms with Gasteiger partial charge < -0.3 is 19.5 Å². The van der Waals surface area contributed by atoms with Crippen LogP contribution in [0.25, 0.3) is 6.08 Å². The predicted octanol–water partition coefficient (Wildman–Crippen LogP) is 5.26. The van der Waals surface area contributed by atoms with Crippen molar-refractivity contribution >= 4 is 75.1 Å². The number of thiocarbonyl (C=S) groups is 1. The van der Waals surface area contributed by atoms with Crippen LogP contribution < -0.4 is 14.8 Å². The predicted molar refractivity (Wildman–Crippen MR) is 140 cm³/mol. The molecule has 0 aromatic heterocycles. The fourth-order valence-electron chi connectivity index (χ4n) is 3.06. The molecule has 0 unspecified atom stereocenters. The first-order valence-corrected chi connectivity index (χ1v) is 12.1. The highest BCUT2D eigenvalue weighted by Gasteiger charge is 2.31. The maximum Gasteiger partial charge on any atom is 0.266 e. The van der Waals surface area contributed by atoms with Crippen molar-refractivity contribution in [3.63, 3.8) is 0 Å². The van der Waals surface area contributed by atoms with Gasteiger partial charge in [-0.2, -0.15) is 0 Å². The van der Waals surface area contributed by atoms with Gasteiger partial charge in [0.2, 0.25) is 0 Å². The van der Waals surface area contributed by atoms with E-state index >= 15 is 0 Å². The first kappa shape index (κ1) is 26.3. The van der Waals surface area contributed by atoms with Crippen LogP contribution in [0.2, 0.25) is 10.0 Å². The molecule has 7 nitrogen and oxygen atoms in total. The number of amides is 2. The summed E-state index contributed by atoms with van der Waals surface area (Å²) in [5, 5.41) is 3.32. The zero-order chi connectivity index (χ0) is 24.7. The second-order valence-electron chi connectivity index (χ2n) is 7.03. The average Bonchev–Trinajstić information content (AvgIpc) is 3.07. The summed E-state index contributed by atoms with van der Waals surface area (Å²) < 4.78 is 16.6. The Morgan fingerprint density at radius 3 is 2.68 bits per heavy atom. The fourth-order valence-corrected chi connectivity index (χ4v) is 4.83. The summed E-state index contributed by atoms with van der Waals surface area (Å²) in [7, 11) is 3.07. The van der Waals surface area contributed by atoms with Crippen molar-refractivity contribution in [3.8, 4) is 11.5 Å². The Morgan fingerprint density at radius 1 is 1.21 bits per heavy atom. The number of hydrogen-bond donors (Lipinski definition) is 1. The van der Waals surface area contributed by atoms with Crippen LogP contribution in [0.15, 0.2) is 41.3 Å². The van der Waals surface area contributed by atoms with Crippen LogP contribution in [0.5, 0.6) is 11.5 Å². The van der Waals surface area contributed by atoms with E-state index in [0.29, 0.717) is 50.8 Å². The Hall–Kier alpha value is -2.30. The van der Waals surface area contributed by atoms with E-state index in [1.165, 1.54) is 18.9 Å². The number of halogens is 2. The Labute approximate surface area is 217 Å². The first-order valence-electron chi connectivity index (χ1n) is 10.1. The number of benzene rings is 2. The number of hydrogen-bond acceptors (Lipinski definition) is 7. The molecule has 0 atom stereocenters. The zero-order valence-electron chi connectivity index (χ0n) is 18.4. The Balaban J connectivity index is 1.71.